The predicted molar refractivity (Wildman–Crippen MR) is 69.7 cm³/mol. The van der Waals surface area contributed by atoms with Gasteiger partial charge in [0.15, 0.2) is 14.1 Å². The summed E-state index contributed by atoms with van der Waals surface area (Å²) in [6.07, 6.45) is 1.11. The Labute approximate surface area is 113 Å². The number of hydrogen-bond acceptors (Lipinski definition) is 8. The van der Waals surface area contributed by atoms with Crippen LogP contribution in [-0.4, -0.2) is 34.1 Å². The van der Waals surface area contributed by atoms with Gasteiger partial charge < -0.3 is 9.47 Å². The standard InChI is InChI=1S/C9H14N2O3S3/c1-5(2)13-9(12)14-6(3)16-8-11-10-7(15-4)17-8/h5-6H,1-4H3. The fourth-order valence-electron chi connectivity index (χ4n) is 0.849. The minimum Gasteiger partial charge on any atom is -0.432 e. The van der Waals surface area contributed by atoms with Crippen molar-refractivity contribution in [3.8, 4) is 0 Å². The second kappa shape index (κ2) is 7.07. The van der Waals surface area contributed by atoms with Crippen molar-refractivity contribution in [1.29, 1.82) is 0 Å². The third kappa shape index (κ3) is 5.60. The lowest BCUT2D eigenvalue weighted by atomic mass is 10.5. The van der Waals surface area contributed by atoms with E-state index < -0.39 is 6.16 Å². The van der Waals surface area contributed by atoms with Crippen molar-refractivity contribution in [2.45, 2.75) is 41.0 Å². The lowest BCUT2D eigenvalue weighted by molar-refractivity contribution is 0.0312. The number of carbonyl (C=O) groups is 1. The molecule has 0 radical (unpaired) electrons. The first-order valence-electron chi connectivity index (χ1n) is 4.92. The molecule has 1 atom stereocenters. The Hall–Kier alpha value is -0.470. The summed E-state index contributed by atoms with van der Waals surface area (Å²) in [4.78, 5) is 11.2. The summed E-state index contributed by atoms with van der Waals surface area (Å²) in [6.45, 7) is 5.32. The minimum atomic E-state index is -0.658. The fourth-order valence-corrected chi connectivity index (χ4v) is 3.35. The van der Waals surface area contributed by atoms with E-state index in [1.165, 1.54) is 34.9 Å². The van der Waals surface area contributed by atoms with E-state index in [1.807, 2.05) is 6.26 Å². The highest BCUT2D eigenvalue weighted by Crippen LogP contribution is 2.30. The molecule has 0 spiro atoms. The molecule has 17 heavy (non-hydrogen) atoms. The van der Waals surface area contributed by atoms with Gasteiger partial charge in [-0.3, -0.25) is 0 Å². The molecule has 0 aliphatic heterocycles. The van der Waals surface area contributed by atoms with Crippen LogP contribution < -0.4 is 0 Å². The third-order valence-corrected chi connectivity index (χ3v) is 4.37. The van der Waals surface area contributed by atoms with Gasteiger partial charge in [-0.2, -0.15) is 0 Å². The molecule has 0 aliphatic carbocycles. The van der Waals surface area contributed by atoms with Crippen molar-refractivity contribution in [1.82, 2.24) is 10.2 Å². The van der Waals surface area contributed by atoms with Gasteiger partial charge >= 0.3 is 6.16 Å². The van der Waals surface area contributed by atoms with E-state index in [0.717, 1.165) is 8.68 Å². The summed E-state index contributed by atoms with van der Waals surface area (Å²) >= 11 is 4.36. The van der Waals surface area contributed by atoms with Gasteiger partial charge in [0, 0.05) is 0 Å². The molecule has 0 N–H and O–H groups in total. The van der Waals surface area contributed by atoms with E-state index in [4.69, 9.17) is 9.47 Å². The van der Waals surface area contributed by atoms with Gasteiger partial charge in [0.1, 0.15) is 0 Å². The van der Waals surface area contributed by atoms with Crippen LogP contribution in [0.15, 0.2) is 8.68 Å². The first-order chi connectivity index (χ1) is 8.01. The second-order valence-electron chi connectivity index (χ2n) is 3.26. The Morgan fingerprint density at radius 2 is 1.88 bits per heavy atom. The molecule has 0 amide bonds. The highest BCUT2D eigenvalue weighted by molar-refractivity contribution is 8.03. The van der Waals surface area contributed by atoms with Crippen LogP contribution in [0, 0.1) is 0 Å². The molecule has 1 heterocycles. The Balaban J connectivity index is 2.38. The van der Waals surface area contributed by atoms with E-state index in [-0.39, 0.29) is 11.5 Å². The molecular weight excluding hydrogens is 280 g/mol. The monoisotopic (exact) mass is 294 g/mol. The molecule has 1 aromatic heterocycles. The van der Waals surface area contributed by atoms with Gasteiger partial charge in [0.05, 0.1) is 6.10 Å². The van der Waals surface area contributed by atoms with E-state index in [9.17, 15) is 4.79 Å². The van der Waals surface area contributed by atoms with Crippen LogP contribution in [0.5, 0.6) is 0 Å². The fraction of sp³-hybridized carbons (Fsp3) is 0.667. The van der Waals surface area contributed by atoms with Gasteiger partial charge in [-0.15, -0.1) is 10.2 Å². The minimum absolute atomic E-state index is 0.177. The maximum absolute atomic E-state index is 11.2. The average Bonchev–Trinajstić information content (AvgIpc) is 2.63. The van der Waals surface area contributed by atoms with Crippen LogP contribution in [-0.2, 0) is 9.47 Å². The SMILES string of the molecule is CSc1nnc(SC(C)OC(=O)OC(C)C)s1. The molecule has 1 rings (SSSR count). The Morgan fingerprint density at radius 3 is 2.41 bits per heavy atom. The van der Waals surface area contributed by atoms with Gasteiger partial charge in [-0.05, 0) is 38.8 Å². The summed E-state index contributed by atoms with van der Waals surface area (Å²) in [5, 5.41) is 7.93. The number of ether oxygens (including phenoxy) is 2. The summed E-state index contributed by atoms with van der Waals surface area (Å²) in [7, 11) is 0. The Kier molecular flexibility index (Phi) is 6.07. The zero-order valence-electron chi connectivity index (χ0n) is 10.00. The second-order valence-corrected chi connectivity index (χ2v) is 6.83. The molecule has 0 bridgehead atoms. The summed E-state index contributed by atoms with van der Waals surface area (Å²) < 4.78 is 11.6. The molecule has 0 fully saturated rings. The van der Waals surface area contributed by atoms with Crippen LogP contribution in [0.25, 0.3) is 0 Å². The van der Waals surface area contributed by atoms with Crippen LogP contribution in [0.1, 0.15) is 20.8 Å². The average molecular weight is 294 g/mol. The Morgan fingerprint density at radius 1 is 1.24 bits per heavy atom. The molecule has 1 unspecified atom stereocenters. The first kappa shape index (κ1) is 14.6. The number of nitrogens with zero attached hydrogens (tertiary/aromatic N) is 2. The highest BCUT2D eigenvalue weighted by Gasteiger charge is 2.15. The summed E-state index contributed by atoms with van der Waals surface area (Å²) in [6, 6.07) is 0. The van der Waals surface area contributed by atoms with E-state index >= 15 is 0 Å². The number of hydrogen-bond donors (Lipinski definition) is 0. The van der Waals surface area contributed by atoms with Gasteiger partial charge in [-0.25, -0.2) is 4.79 Å². The molecule has 0 saturated heterocycles. The van der Waals surface area contributed by atoms with Crippen molar-refractivity contribution in [3.63, 3.8) is 0 Å². The number of aromatic nitrogens is 2. The van der Waals surface area contributed by atoms with Crippen molar-refractivity contribution >= 4 is 41.0 Å². The normalized spacial score (nSPS) is 12.5. The van der Waals surface area contributed by atoms with Gasteiger partial charge in [-0.1, -0.05) is 23.1 Å². The smallest absolute Gasteiger partial charge is 0.432 e. The Bertz CT molecular complexity index is 370. The molecule has 8 heteroatoms. The van der Waals surface area contributed by atoms with E-state index in [2.05, 4.69) is 10.2 Å². The predicted octanol–water partition coefficient (Wildman–Crippen LogP) is 3.26. The molecule has 0 aliphatic rings. The molecule has 96 valence electrons. The summed E-state index contributed by atoms with van der Waals surface area (Å²) in [5.74, 6) is 0. The van der Waals surface area contributed by atoms with Crippen molar-refractivity contribution in [3.05, 3.63) is 0 Å². The van der Waals surface area contributed by atoms with Crippen molar-refractivity contribution < 1.29 is 14.3 Å². The molecule has 5 nitrogen and oxygen atoms in total. The van der Waals surface area contributed by atoms with Crippen LogP contribution in [0.4, 0.5) is 4.79 Å². The third-order valence-electron chi connectivity index (χ3n) is 1.42. The number of thioether (sulfide) groups is 2. The zero-order valence-corrected chi connectivity index (χ0v) is 12.4. The van der Waals surface area contributed by atoms with E-state index in [1.54, 1.807) is 20.8 Å². The largest absolute Gasteiger partial charge is 0.509 e. The number of carbonyl (C=O) groups excluding carboxylic acids is 1. The molecular formula is C9H14N2O3S3. The van der Waals surface area contributed by atoms with Crippen molar-refractivity contribution in [2.24, 2.45) is 0 Å². The first-order valence-corrected chi connectivity index (χ1v) is 7.84. The van der Waals surface area contributed by atoms with Crippen LogP contribution in [0.2, 0.25) is 0 Å². The maximum atomic E-state index is 11.2. The van der Waals surface area contributed by atoms with Crippen LogP contribution >= 0.6 is 34.9 Å². The lowest BCUT2D eigenvalue weighted by Gasteiger charge is -2.12. The summed E-state index contributed by atoms with van der Waals surface area (Å²) in [5.41, 5.74) is -0.344. The molecule has 1 aromatic rings. The highest BCUT2D eigenvalue weighted by atomic mass is 32.2. The van der Waals surface area contributed by atoms with Crippen molar-refractivity contribution in [2.75, 3.05) is 6.26 Å². The van der Waals surface area contributed by atoms with Gasteiger partial charge in [0.2, 0.25) is 0 Å². The molecule has 0 aromatic carbocycles. The molecule has 0 saturated carbocycles. The quantitative estimate of drug-likeness (QED) is 0.469. The van der Waals surface area contributed by atoms with Gasteiger partial charge in [0.25, 0.3) is 0 Å². The van der Waals surface area contributed by atoms with E-state index in [0.29, 0.717) is 0 Å². The van der Waals surface area contributed by atoms with Crippen LogP contribution in [0.3, 0.4) is 0 Å². The zero-order chi connectivity index (χ0) is 12.8. The maximum Gasteiger partial charge on any atom is 0.509 e. The number of rotatable bonds is 5. The lowest BCUT2D eigenvalue weighted by Crippen LogP contribution is -2.17. The topological polar surface area (TPSA) is 61.3 Å².